The third-order valence-electron chi connectivity index (χ3n) is 6.52. The summed E-state index contributed by atoms with van der Waals surface area (Å²) >= 11 is 0. The molecule has 1 aromatic heterocycles. The van der Waals surface area contributed by atoms with Gasteiger partial charge < -0.3 is 24.5 Å². The number of aromatic nitrogens is 1. The Hall–Kier alpha value is -4.38. The lowest BCUT2D eigenvalue weighted by atomic mass is 10.0. The first-order chi connectivity index (χ1) is 18.0. The number of nitrogens with zero attached hydrogens (tertiary/aromatic N) is 3. The molecule has 38 heavy (non-hydrogen) atoms. The fraction of sp³-hybridized carbons (Fsp3) is 0.333. The van der Waals surface area contributed by atoms with Crippen LogP contribution >= 0.6 is 0 Å². The van der Waals surface area contributed by atoms with Crippen molar-refractivity contribution < 1.29 is 29.1 Å². The average Bonchev–Trinajstić information content (AvgIpc) is 3.40. The molecule has 3 heterocycles. The van der Waals surface area contributed by atoms with Crippen LogP contribution in [0.2, 0.25) is 0 Å². The van der Waals surface area contributed by atoms with Crippen molar-refractivity contribution >= 4 is 34.5 Å². The predicted octanol–water partition coefficient (Wildman–Crippen LogP) is 4.45. The van der Waals surface area contributed by atoms with Crippen LogP contribution in [-0.4, -0.2) is 68.5 Å². The second-order valence-electron chi connectivity index (χ2n) is 10.4. The van der Waals surface area contributed by atoms with Crippen molar-refractivity contribution in [3.8, 4) is 11.5 Å². The zero-order valence-electron chi connectivity index (χ0n) is 21.3. The summed E-state index contributed by atoms with van der Waals surface area (Å²) < 4.78 is 11.4. The number of hydrogen-bond donors (Lipinski definition) is 2. The number of amides is 1. The van der Waals surface area contributed by atoms with E-state index in [0.29, 0.717) is 66.1 Å². The van der Waals surface area contributed by atoms with Gasteiger partial charge in [-0.2, -0.15) is 0 Å². The first-order valence-corrected chi connectivity index (χ1v) is 12.2. The van der Waals surface area contributed by atoms with Crippen LogP contribution in [0, 0.1) is 10.1 Å². The molecular formula is C27H28N4O7. The van der Waals surface area contributed by atoms with Gasteiger partial charge in [0.1, 0.15) is 17.1 Å². The van der Waals surface area contributed by atoms with E-state index in [1.54, 1.807) is 23.2 Å². The van der Waals surface area contributed by atoms with Crippen LogP contribution in [0.1, 0.15) is 42.3 Å². The Labute approximate surface area is 218 Å². The molecule has 0 saturated carbocycles. The zero-order valence-corrected chi connectivity index (χ0v) is 21.3. The van der Waals surface area contributed by atoms with Gasteiger partial charge in [0.25, 0.3) is 5.69 Å². The minimum absolute atomic E-state index is 0.0202. The number of nitro groups is 1. The number of ketones is 1. The van der Waals surface area contributed by atoms with Crippen molar-refractivity contribution in [1.29, 1.82) is 0 Å². The molecule has 3 aromatic rings. The van der Waals surface area contributed by atoms with Crippen LogP contribution in [-0.2, 0) is 11.3 Å². The Morgan fingerprint density at radius 1 is 1.21 bits per heavy atom. The number of carbonyl (C=O) groups is 2. The molecule has 11 heteroatoms. The summed E-state index contributed by atoms with van der Waals surface area (Å²) in [5, 5.41) is 22.4. The number of piperazine rings is 1. The van der Waals surface area contributed by atoms with E-state index >= 15 is 0 Å². The monoisotopic (exact) mass is 520 g/mol. The average molecular weight is 521 g/mol. The lowest BCUT2D eigenvalue weighted by Gasteiger charge is -2.35. The lowest BCUT2D eigenvalue weighted by Crippen LogP contribution is -2.49. The Morgan fingerprint density at radius 3 is 2.63 bits per heavy atom. The Morgan fingerprint density at radius 2 is 1.95 bits per heavy atom. The van der Waals surface area contributed by atoms with Crippen LogP contribution in [0.3, 0.4) is 0 Å². The van der Waals surface area contributed by atoms with Crippen molar-refractivity contribution in [3.63, 3.8) is 0 Å². The van der Waals surface area contributed by atoms with Crippen molar-refractivity contribution in [3.05, 3.63) is 69.1 Å². The molecule has 2 aliphatic rings. The number of benzene rings is 2. The van der Waals surface area contributed by atoms with Crippen LogP contribution in [0.15, 0.2) is 42.3 Å². The number of Topliss-reactive ketones (excluding diaryl/α,β-unsaturated/α-hetero) is 1. The maximum atomic E-state index is 13.1. The summed E-state index contributed by atoms with van der Waals surface area (Å²) in [5.74, 6) is 0.117. The molecule has 2 aromatic carbocycles. The van der Waals surface area contributed by atoms with Crippen LogP contribution in [0.4, 0.5) is 10.5 Å². The number of H-pyrrole nitrogens is 1. The molecule has 0 radical (unpaired) electrons. The second-order valence-corrected chi connectivity index (χ2v) is 10.4. The molecule has 2 aliphatic heterocycles. The van der Waals surface area contributed by atoms with E-state index in [0.717, 1.165) is 0 Å². The summed E-state index contributed by atoms with van der Waals surface area (Å²) in [6, 6.07) is 7.48. The fourth-order valence-corrected chi connectivity index (χ4v) is 4.60. The Kier molecular flexibility index (Phi) is 6.31. The number of allylic oxidation sites excluding steroid dienone is 1. The highest BCUT2D eigenvalue weighted by Gasteiger charge is 2.33. The van der Waals surface area contributed by atoms with E-state index in [-0.39, 0.29) is 29.1 Å². The van der Waals surface area contributed by atoms with E-state index in [2.05, 4.69) is 9.88 Å². The molecule has 1 amide bonds. The molecule has 5 rings (SSSR count). The third-order valence-corrected chi connectivity index (χ3v) is 6.52. The van der Waals surface area contributed by atoms with Gasteiger partial charge in [-0.25, -0.2) is 4.79 Å². The number of nitrogens with one attached hydrogen (secondary N) is 1. The number of phenols is 1. The van der Waals surface area contributed by atoms with Gasteiger partial charge in [0, 0.05) is 62.0 Å². The van der Waals surface area contributed by atoms with Gasteiger partial charge in [-0.15, -0.1) is 0 Å². The van der Waals surface area contributed by atoms with Crippen molar-refractivity contribution in [2.45, 2.75) is 32.9 Å². The normalized spacial score (nSPS) is 17.1. The second kappa shape index (κ2) is 9.49. The van der Waals surface area contributed by atoms with E-state index < -0.39 is 10.5 Å². The van der Waals surface area contributed by atoms with Crippen LogP contribution < -0.4 is 4.74 Å². The zero-order chi connectivity index (χ0) is 27.2. The standard InChI is InChI=1S/C27H28N4O7/c1-27(2,3)38-26(34)30-10-8-29(9-11-30)15-20-22(32)7-6-19-24(33)23(37-25(19)20)12-16-14-28-21-13-17(31(35)36)4-5-18(16)21/h4-7,12-14,28,32H,8-11,15H2,1-3H3. The summed E-state index contributed by atoms with van der Waals surface area (Å²) in [6.45, 7) is 7.93. The summed E-state index contributed by atoms with van der Waals surface area (Å²) in [4.78, 5) is 42.8. The highest BCUT2D eigenvalue weighted by molar-refractivity contribution is 6.15. The number of phenolic OH excluding ortho intramolecular Hbond substituents is 1. The number of non-ortho nitro benzene ring substituents is 1. The summed E-state index contributed by atoms with van der Waals surface area (Å²) in [6.07, 6.45) is 2.90. The van der Waals surface area contributed by atoms with E-state index in [1.807, 2.05) is 20.8 Å². The SMILES string of the molecule is CC(C)(C)OC(=O)N1CCN(Cc2c(O)ccc3c2OC(=Cc2c[nH]c4cc([N+](=O)[O-])ccc24)C3=O)CC1. The number of rotatable bonds is 4. The highest BCUT2D eigenvalue weighted by Crippen LogP contribution is 2.40. The number of nitro benzene ring substituents is 1. The van der Waals surface area contributed by atoms with Gasteiger partial charge in [0.15, 0.2) is 5.76 Å². The molecule has 0 unspecified atom stereocenters. The van der Waals surface area contributed by atoms with Gasteiger partial charge in [-0.1, -0.05) is 0 Å². The number of ether oxygens (including phenoxy) is 2. The highest BCUT2D eigenvalue weighted by atomic mass is 16.6. The maximum absolute atomic E-state index is 13.1. The predicted molar refractivity (Wildman–Crippen MR) is 139 cm³/mol. The molecule has 0 bridgehead atoms. The molecule has 11 nitrogen and oxygen atoms in total. The summed E-state index contributed by atoms with van der Waals surface area (Å²) in [5.41, 5.74) is 1.47. The molecule has 1 fully saturated rings. The van der Waals surface area contributed by atoms with Gasteiger partial charge in [0.2, 0.25) is 5.78 Å². The fourth-order valence-electron chi connectivity index (χ4n) is 4.60. The van der Waals surface area contributed by atoms with E-state index in [4.69, 9.17) is 9.47 Å². The molecular weight excluding hydrogens is 492 g/mol. The quantitative estimate of drug-likeness (QED) is 0.292. The first kappa shape index (κ1) is 25.3. The van der Waals surface area contributed by atoms with Crippen molar-refractivity contribution in [2.24, 2.45) is 0 Å². The maximum Gasteiger partial charge on any atom is 0.410 e. The molecule has 2 N–H and O–H groups in total. The summed E-state index contributed by atoms with van der Waals surface area (Å²) in [7, 11) is 0. The van der Waals surface area contributed by atoms with Gasteiger partial charge in [-0.3, -0.25) is 19.8 Å². The minimum Gasteiger partial charge on any atom is -0.507 e. The number of aromatic amines is 1. The largest absolute Gasteiger partial charge is 0.507 e. The molecule has 0 spiro atoms. The number of aromatic hydroxyl groups is 1. The first-order valence-electron chi connectivity index (χ1n) is 12.2. The number of carbonyl (C=O) groups excluding carboxylic acids is 2. The van der Waals surface area contributed by atoms with Crippen molar-refractivity contribution in [1.82, 2.24) is 14.8 Å². The topological polar surface area (TPSA) is 138 Å². The molecule has 0 aliphatic carbocycles. The van der Waals surface area contributed by atoms with Crippen LogP contribution in [0.25, 0.3) is 17.0 Å². The molecule has 0 atom stereocenters. The van der Waals surface area contributed by atoms with Crippen molar-refractivity contribution in [2.75, 3.05) is 26.2 Å². The van der Waals surface area contributed by atoms with E-state index in [1.165, 1.54) is 24.3 Å². The number of hydrogen-bond acceptors (Lipinski definition) is 8. The minimum atomic E-state index is -0.565. The Bertz CT molecular complexity index is 1480. The molecule has 198 valence electrons. The third kappa shape index (κ3) is 4.92. The lowest BCUT2D eigenvalue weighted by molar-refractivity contribution is -0.384. The number of fused-ring (bicyclic) bond motifs is 2. The van der Waals surface area contributed by atoms with Gasteiger partial charge in [0.05, 0.1) is 21.6 Å². The Balaban J connectivity index is 1.33. The van der Waals surface area contributed by atoms with Gasteiger partial charge in [-0.05, 0) is 45.0 Å². The smallest absolute Gasteiger partial charge is 0.410 e. The van der Waals surface area contributed by atoms with Gasteiger partial charge >= 0.3 is 6.09 Å². The van der Waals surface area contributed by atoms with Crippen LogP contribution in [0.5, 0.6) is 11.5 Å². The van der Waals surface area contributed by atoms with E-state index in [9.17, 15) is 24.8 Å². The molecule has 1 saturated heterocycles.